The highest BCUT2D eigenvalue weighted by molar-refractivity contribution is 9.09. The standard InChI is InChI=1S/C12H15BrN2O/c1-4-9(13)8-5-6-10-11(7-8)15(3)12(16)14(10)2/h5-7,9H,4H2,1-3H3. The molecule has 0 radical (unpaired) electrons. The molecule has 0 aliphatic heterocycles. The third-order valence-electron chi connectivity index (χ3n) is 3.02. The number of halogens is 1. The molecule has 1 heterocycles. The molecule has 86 valence electrons. The van der Waals surface area contributed by atoms with E-state index in [0.717, 1.165) is 17.5 Å². The number of hydrogen-bond acceptors (Lipinski definition) is 1. The molecule has 4 heteroatoms. The van der Waals surface area contributed by atoms with Crippen molar-refractivity contribution in [2.75, 3.05) is 0 Å². The Morgan fingerprint density at radius 3 is 2.50 bits per heavy atom. The van der Waals surface area contributed by atoms with Crippen molar-refractivity contribution < 1.29 is 0 Å². The van der Waals surface area contributed by atoms with Gasteiger partial charge in [0, 0.05) is 18.9 Å². The van der Waals surface area contributed by atoms with E-state index in [-0.39, 0.29) is 5.69 Å². The predicted molar refractivity (Wildman–Crippen MR) is 70.1 cm³/mol. The summed E-state index contributed by atoms with van der Waals surface area (Å²) >= 11 is 3.63. The number of fused-ring (bicyclic) bond motifs is 1. The van der Waals surface area contributed by atoms with E-state index in [1.54, 1.807) is 16.2 Å². The number of aryl methyl sites for hydroxylation is 2. The van der Waals surface area contributed by atoms with Crippen LogP contribution in [0.2, 0.25) is 0 Å². The molecule has 16 heavy (non-hydrogen) atoms. The van der Waals surface area contributed by atoms with Gasteiger partial charge in [0.05, 0.1) is 11.0 Å². The molecule has 0 saturated heterocycles. The number of nitrogens with zero attached hydrogens (tertiary/aromatic N) is 2. The number of rotatable bonds is 2. The molecule has 2 aromatic rings. The second-order valence-electron chi connectivity index (χ2n) is 4.02. The van der Waals surface area contributed by atoms with Crippen LogP contribution in [0, 0.1) is 0 Å². The molecule has 0 aliphatic carbocycles. The van der Waals surface area contributed by atoms with E-state index in [1.165, 1.54) is 5.56 Å². The van der Waals surface area contributed by atoms with Gasteiger partial charge in [-0.1, -0.05) is 28.9 Å². The lowest BCUT2D eigenvalue weighted by Gasteiger charge is -2.07. The predicted octanol–water partition coefficient (Wildman–Crippen LogP) is 2.72. The maximum Gasteiger partial charge on any atom is 0.328 e. The Balaban J connectivity index is 2.71. The van der Waals surface area contributed by atoms with Crippen molar-refractivity contribution >= 4 is 27.0 Å². The smallest absolute Gasteiger partial charge is 0.295 e. The molecule has 3 nitrogen and oxygen atoms in total. The fourth-order valence-corrected chi connectivity index (χ4v) is 2.24. The van der Waals surface area contributed by atoms with Gasteiger partial charge in [0.15, 0.2) is 0 Å². The van der Waals surface area contributed by atoms with Gasteiger partial charge in [0.2, 0.25) is 0 Å². The maximum absolute atomic E-state index is 11.8. The fourth-order valence-electron chi connectivity index (χ4n) is 1.95. The lowest BCUT2D eigenvalue weighted by Crippen LogP contribution is -2.19. The van der Waals surface area contributed by atoms with Crippen molar-refractivity contribution in [2.24, 2.45) is 14.1 Å². The van der Waals surface area contributed by atoms with Gasteiger partial charge >= 0.3 is 5.69 Å². The van der Waals surface area contributed by atoms with E-state index in [0.29, 0.717) is 4.83 Å². The zero-order chi connectivity index (χ0) is 11.9. The minimum absolute atomic E-state index is 0.0229. The highest BCUT2D eigenvalue weighted by Crippen LogP contribution is 2.28. The first kappa shape index (κ1) is 11.5. The fraction of sp³-hybridized carbons (Fsp3) is 0.417. The molecular formula is C12H15BrN2O. The van der Waals surface area contributed by atoms with Crippen LogP contribution in [0.5, 0.6) is 0 Å². The molecule has 0 saturated carbocycles. The number of benzene rings is 1. The van der Waals surface area contributed by atoms with Crippen LogP contribution in [0.3, 0.4) is 0 Å². The summed E-state index contributed by atoms with van der Waals surface area (Å²) in [6.07, 6.45) is 1.03. The molecule has 0 N–H and O–H groups in total. The van der Waals surface area contributed by atoms with Crippen LogP contribution in [0.1, 0.15) is 23.7 Å². The largest absolute Gasteiger partial charge is 0.328 e. The molecule has 1 unspecified atom stereocenters. The molecule has 0 aliphatic rings. The number of aromatic nitrogens is 2. The Morgan fingerprint density at radius 1 is 1.25 bits per heavy atom. The zero-order valence-corrected chi connectivity index (χ0v) is 11.3. The van der Waals surface area contributed by atoms with Crippen molar-refractivity contribution in [1.29, 1.82) is 0 Å². The summed E-state index contributed by atoms with van der Waals surface area (Å²) in [7, 11) is 3.61. The van der Waals surface area contributed by atoms with Crippen molar-refractivity contribution in [3.8, 4) is 0 Å². The second-order valence-corrected chi connectivity index (χ2v) is 5.13. The van der Waals surface area contributed by atoms with Gasteiger partial charge in [-0.05, 0) is 24.1 Å². The monoisotopic (exact) mass is 282 g/mol. The Hall–Kier alpha value is -1.03. The first-order chi connectivity index (χ1) is 7.56. The Labute approximate surface area is 103 Å². The van der Waals surface area contributed by atoms with Gasteiger partial charge in [0.25, 0.3) is 0 Å². The average molecular weight is 283 g/mol. The van der Waals surface area contributed by atoms with Crippen molar-refractivity contribution in [3.63, 3.8) is 0 Å². The summed E-state index contributed by atoms with van der Waals surface area (Å²) in [5.74, 6) is 0. The van der Waals surface area contributed by atoms with Crippen LogP contribution in [-0.2, 0) is 14.1 Å². The Kier molecular flexibility index (Phi) is 2.93. The molecule has 1 aromatic heterocycles. The molecule has 0 spiro atoms. The van der Waals surface area contributed by atoms with Crippen LogP contribution in [0.4, 0.5) is 0 Å². The van der Waals surface area contributed by atoms with E-state index in [1.807, 2.05) is 13.1 Å². The first-order valence-electron chi connectivity index (χ1n) is 5.35. The molecular weight excluding hydrogens is 268 g/mol. The third-order valence-corrected chi connectivity index (χ3v) is 4.19. The number of alkyl halides is 1. The number of hydrogen-bond donors (Lipinski definition) is 0. The zero-order valence-electron chi connectivity index (χ0n) is 9.70. The van der Waals surface area contributed by atoms with Crippen LogP contribution in [0.15, 0.2) is 23.0 Å². The minimum Gasteiger partial charge on any atom is -0.295 e. The van der Waals surface area contributed by atoms with Gasteiger partial charge in [-0.3, -0.25) is 9.13 Å². The Bertz CT molecular complexity index is 582. The third kappa shape index (κ3) is 1.61. The highest BCUT2D eigenvalue weighted by atomic mass is 79.9. The lowest BCUT2D eigenvalue weighted by atomic mass is 10.1. The van der Waals surface area contributed by atoms with Gasteiger partial charge in [-0.25, -0.2) is 4.79 Å². The molecule has 2 rings (SSSR count). The molecule has 0 bridgehead atoms. The minimum atomic E-state index is 0.0229. The van der Waals surface area contributed by atoms with Gasteiger partial charge in [-0.2, -0.15) is 0 Å². The second kappa shape index (κ2) is 4.09. The Morgan fingerprint density at radius 2 is 1.88 bits per heavy atom. The normalized spacial score (nSPS) is 13.2. The van der Waals surface area contributed by atoms with E-state index in [9.17, 15) is 4.79 Å². The number of imidazole rings is 1. The summed E-state index contributed by atoms with van der Waals surface area (Å²) in [6, 6.07) is 6.17. The van der Waals surface area contributed by atoms with Crippen LogP contribution in [0.25, 0.3) is 11.0 Å². The SMILES string of the molecule is CCC(Br)c1ccc2c(c1)n(C)c(=O)n2C. The highest BCUT2D eigenvalue weighted by Gasteiger charge is 2.10. The summed E-state index contributed by atoms with van der Waals surface area (Å²) in [5.41, 5.74) is 3.21. The first-order valence-corrected chi connectivity index (χ1v) is 6.27. The topological polar surface area (TPSA) is 26.9 Å². The summed E-state index contributed by atoms with van der Waals surface area (Å²) in [5, 5.41) is 0. The van der Waals surface area contributed by atoms with E-state index >= 15 is 0 Å². The quantitative estimate of drug-likeness (QED) is 0.778. The molecule has 0 fully saturated rings. The summed E-state index contributed by atoms with van der Waals surface area (Å²) < 4.78 is 3.36. The van der Waals surface area contributed by atoms with Crippen LogP contribution in [-0.4, -0.2) is 9.13 Å². The van der Waals surface area contributed by atoms with Crippen LogP contribution >= 0.6 is 15.9 Å². The van der Waals surface area contributed by atoms with Gasteiger partial charge in [-0.15, -0.1) is 0 Å². The summed E-state index contributed by atoms with van der Waals surface area (Å²) in [6.45, 7) is 2.13. The average Bonchev–Trinajstić information content (AvgIpc) is 2.53. The maximum atomic E-state index is 11.8. The molecule has 1 atom stereocenters. The van der Waals surface area contributed by atoms with Crippen molar-refractivity contribution in [2.45, 2.75) is 18.2 Å². The van der Waals surface area contributed by atoms with Crippen LogP contribution < -0.4 is 5.69 Å². The lowest BCUT2D eigenvalue weighted by molar-refractivity contribution is 0.795. The van der Waals surface area contributed by atoms with Crippen molar-refractivity contribution in [3.05, 3.63) is 34.2 Å². The summed E-state index contributed by atoms with van der Waals surface area (Å²) in [4.78, 5) is 12.1. The van der Waals surface area contributed by atoms with E-state index < -0.39 is 0 Å². The molecule has 0 amide bonds. The van der Waals surface area contributed by atoms with Crippen molar-refractivity contribution in [1.82, 2.24) is 9.13 Å². The molecule has 1 aromatic carbocycles. The van der Waals surface area contributed by atoms with Gasteiger partial charge < -0.3 is 0 Å². The van der Waals surface area contributed by atoms with E-state index in [2.05, 4.69) is 35.0 Å². The van der Waals surface area contributed by atoms with E-state index in [4.69, 9.17) is 0 Å². The van der Waals surface area contributed by atoms with Gasteiger partial charge in [0.1, 0.15) is 0 Å².